The summed E-state index contributed by atoms with van der Waals surface area (Å²) in [6.45, 7) is 6.06. The standard InChI is InChI=1S/C11H16N6O/c1-9(2)15-3-4-16(10(5-12)6-15)11(18)17-8-13-7-14-17/h7-10H,3-4,6H2,1-2H3/t10-/m0/s1. The van der Waals surface area contributed by atoms with Gasteiger partial charge >= 0.3 is 6.03 Å². The van der Waals surface area contributed by atoms with Crippen LogP contribution in [0.3, 0.4) is 0 Å². The van der Waals surface area contributed by atoms with Gasteiger partial charge in [-0.3, -0.25) is 4.90 Å². The van der Waals surface area contributed by atoms with Crippen molar-refractivity contribution in [3.63, 3.8) is 0 Å². The molecule has 0 aliphatic carbocycles. The number of piperazine rings is 1. The first kappa shape index (κ1) is 12.5. The smallest absolute Gasteiger partial charge is 0.304 e. The lowest BCUT2D eigenvalue weighted by molar-refractivity contribution is 0.0956. The predicted molar refractivity (Wildman–Crippen MR) is 63.6 cm³/mol. The molecule has 1 aromatic heterocycles. The first-order valence-electron chi connectivity index (χ1n) is 5.92. The minimum absolute atomic E-state index is 0.289. The molecule has 1 amide bonds. The van der Waals surface area contributed by atoms with E-state index in [4.69, 9.17) is 0 Å². The zero-order chi connectivity index (χ0) is 13.1. The van der Waals surface area contributed by atoms with Gasteiger partial charge in [-0.2, -0.15) is 15.0 Å². The van der Waals surface area contributed by atoms with Crippen molar-refractivity contribution in [3.8, 4) is 6.07 Å². The summed E-state index contributed by atoms with van der Waals surface area (Å²) in [4.78, 5) is 19.6. The van der Waals surface area contributed by atoms with Crippen molar-refractivity contribution in [2.24, 2.45) is 0 Å². The number of carbonyl (C=O) groups excluding carboxylic acids is 1. The minimum atomic E-state index is -0.433. The van der Waals surface area contributed by atoms with Gasteiger partial charge < -0.3 is 4.90 Å². The lowest BCUT2D eigenvalue weighted by Crippen LogP contribution is -2.57. The molecule has 96 valence electrons. The van der Waals surface area contributed by atoms with Crippen LogP contribution >= 0.6 is 0 Å². The van der Waals surface area contributed by atoms with Gasteiger partial charge in [-0.15, -0.1) is 0 Å². The monoisotopic (exact) mass is 248 g/mol. The number of rotatable bonds is 1. The van der Waals surface area contributed by atoms with E-state index in [0.717, 1.165) is 11.2 Å². The van der Waals surface area contributed by atoms with Crippen molar-refractivity contribution in [2.45, 2.75) is 25.9 Å². The molecule has 0 N–H and O–H groups in total. The summed E-state index contributed by atoms with van der Waals surface area (Å²) in [5, 5.41) is 13.0. The van der Waals surface area contributed by atoms with E-state index >= 15 is 0 Å². The molecular formula is C11H16N6O. The van der Waals surface area contributed by atoms with E-state index in [-0.39, 0.29) is 6.03 Å². The Hall–Kier alpha value is -1.94. The summed E-state index contributed by atoms with van der Waals surface area (Å²) >= 11 is 0. The molecule has 2 rings (SSSR count). The van der Waals surface area contributed by atoms with Gasteiger partial charge in [0.1, 0.15) is 18.7 Å². The van der Waals surface area contributed by atoms with Gasteiger partial charge in [0.15, 0.2) is 0 Å². The average Bonchev–Trinajstić information content (AvgIpc) is 2.90. The first-order chi connectivity index (χ1) is 8.63. The number of nitriles is 1. The lowest BCUT2D eigenvalue weighted by atomic mass is 10.1. The fourth-order valence-electron chi connectivity index (χ4n) is 2.05. The van der Waals surface area contributed by atoms with Crippen LogP contribution in [0.2, 0.25) is 0 Å². The van der Waals surface area contributed by atoms with Crippen LogP contribution in [0, 0.1) is 11.3 Å². The predicted octanol–water partition coefficient (Wildman–Crippen LogP) is 0.164. The average molecular weight is 248 g/mol. The Morgan fingerprint density at radius 2 is 2.28 bits per heavy atom. The first-order valence-corrected chi connectivity index (χ1v) is 5.92. The Bertz CT molecular complexity index is 449. The zero-order valence-electron chi connectivity index (χ0n) is 10.5. The highest BCUT2D eigenvalue weighted by Gasteiger charge is 2.32. The molecule has 1 fully saturated rings. The Morgan fingerprint density at radius 1 is 1.50 bits per heavy atom. The van der Waals surface area contributed by atoms with Crippen molar-refractivity contribution < 1.29 is 4.79 Å². The van der Waals surface area contributed by atoms with Crippen LogP contribution in [0.25, 0.3) is 0 Å². The molecular weight excluding hydrogens is 232 g/mol. The Labute approximate surface area is 106 Å². The third kappa shape index (κ3) is 2.33. The van der Waals surface area contributed by atoms with E-state index < -0.39 is 6.04 Å². The maximum absolute atomic E-state index is 12.1. The Balaban J connectivity index is 2.11. The second-order valence-electron chi connectivity index (χ2n) is 4.55. The van der Waals surface area contributed by atoms with Crippen molar-refractivity contribution in [2.75, 3.05) is 19.6 Å². The van der Waals surface area contributed by atoms with E-state index in [1.54, 1.807) is 4.90 Å². The summed E-state index contributed by atoms with van der Waals surface area (Å²) < 4.78 is 1.16. The van der Waals surface area contributed by atoms with Gasteiger partial charge in [0.05, 0.1) is 6.07 Å². The van der Waals surface area contributed by atoms with Crippen molar-refractivity contribution in [3.05, 3.63) is 12.7 Å². The van der Waals surface area contributed by atoms with Crippen molar-refractivity contribution in [1.29, 1.82) is 5.26 Å². The Kier molecular flexibility index (Phi) is 3.58. The third-order valence-corrected chi connectivity index (χ3v) is 3.15. The number of hydrogen-bond donors (Lipinski definition) is 0. The van der Waals surface area contributed by atoms with Gasteiger partial charge in [-0.25, -0.2) is 9.78 Å². The van der Waals surface area contributed by atoms with Crippen LogP contribution in [-0.2, 0) is 0 Å². The molecule has 0 radical (unpaired) electrons. The fourth-order valence-corrected chi connectivity index (χ4v) is 2.05. The van der Waals surface area contributed by atoms with E-state index in [0.29, 0.717) is 19.1 Å². The zero-order valence-corrected chi connectivity index (χ0v) is 10.5. The fraction of sp³-hybridized carbons (Fsp3) is 0.636. The number of amides is 1. The van der Waals surface area contributed by atoms with Crippen LogP contribution in [0.1, 0.15) is 13.8 Å². The number of hydrogen-bond acceptors (Lipinski definition) is 5. The molecule has 0 unspecified atom stereocenters. The molecule has 1 atom stereocenters. The number of nitrogens with zero attached hydrogens (tertiary/aromatic N) is 6. The Morgan fingerprint density at radius 3 is 2.83 bits per heavy atom. The van der Waals surface area contributed by atoms with Crippen molar-refractivity contribution in [1.82, 2.24) is 24.6 Å². The normalized spacial score (nSPS) is 21.0. The highest BCUT2D eigenvalue weighted by molar-refractivity contribution is 5.76. The second kappa shape index (κ2) is 5.14. The molecule has 0 spiro atoms. The molecule has 18 heavy (non-hydrogen) atoms. The van der Waals surface area contributed by atoms with Gasteiger partial charge in [0.2, 0.25) is 0 Å². The molecule has 1 aliphatic rings. The van der Waals surface area contributed by atoms with Gasteiger partial charge in [0.25, 0.3) is 0 Å². The van der Waals surface area contributed by atoms with Crippen LogP contribution in [0.5, 0.6) is 0 Å². The second-order valence-corrected chi connectivity index (χ2v) is 4.55. The quantitative estimate of drug-likeness (QED) is 0.707. The topological polar surface area (TPSA) is 78.1 Å². The maximum Gasteiger partial charge on any atom is 0.347 e. The SMILES string of the molecule is CC(C)N1CCN(C(=O)n2cncn2)[C@@H](C#N)C1. The molecule has 0 aromatic carbocycles. The highest BCUT2D eigenvalue weighted by Crippen LogP contribution is 2.13. The van der Waals surface area contributed by atoms with Gasteiger partial charge in [-0.1, -0.05) is 0 Å². The summed E-state index contributed by atoms with van der Waals surface area (Å²) in [6, 6.07) is 1.84. The summed E-state index contributed by atoms with van der Waals surface area (Å²) in [6.07, 6.45) is 2.66. The highest BCUT2D eigenvalue weighted by atomic mass is 16.2. The molecule has 7 nitrogen and oxygen atoms in total. The minimum Gasteiger partial charge on any atom is -0.304 e. The molecule has 1 aromatic rings. The maximum atomic E-state index is 12.1. The molecule has 0 saturated carbocycles. The number of aromatic nitrogens is 3. The molecule has 2 heterocycles. The summed E-state index contributed by atoms with van der Waals surface area (Å²) in [5.41, 5.74) is 0. The van der Waals surface area contributed by atoms with E-state index in [1.165, 1.54) is 12.7 Å². The summed E-state index contributed by atoms with van der Waals surface area (Å²) in [7, 11) is 0. The molecule has 7 heteroatoms. The van der Waals surface area contributed by atoms with E-state index in [9.17, 15) is 10.1 Å². The van der Waals surface area contributed by atoms with Gasteiger partial charge in [-0.05, 0) is 13.8 Å². The van der Waals surface area contributed by atoms with Gasteiger partial charge in [0, 0.05) is 25.7 Å². The van der Waals surface area contributed by atoms with Crippen LogP contribution < -0.4 is 0 Å². The van der Waals surface area contributed by atoms with Crippen LogP contribution in [0.15, 0.2) is 12.7 Å². The van der Waals surface area contributed by atoms with Crippen molar-refractivity contribution >= 4 is 6.03 Å². The molecule has 1 aliphatic heterocycles. The van der Waals surface area contributed by atoms with Crippen LogP contribution in [0.4, 0.5) is 4.79 Å². The summed E-state index contributed by atoms with van der Waals surface area (Å²) in [5.74, 6) is 0. The molecule has 1 saturated heterocycles. The third-order valence-electron chi connectivity index (χ3n) is 3.15. The largest absolute Gasteiger partial charge is 0.347 e. The van der Waals surface area contributed by atoms with E-state index in [2.05, 4.69) is 34.9 Å². The molecule has 0 bridgehead atoms. The lowest BCUT2D eigenvalue weighted by Gasteiger charge is -2.39. The van der Waals surface area contributed by atoms with E-state index in [1.807, 2.05) is 0 Å². The van der Waals surface area contributed by atoms with Crippen LogP contribution in [-0.4, -0.2) is 62.3 Å². The number of carbonyl (C=O) groups is 1.